The first-order chi connectivity index (χ1) is 4.29. The lowest BCUT2D eigenvalue weighted by Crippen LogP contribution is -2.37. The summed E-state index contributed by atoms with van der Waals surface area (Å²) in [5.41, 5.74) is 0. The van der Waals surface area contributed by atoms with E-state index in [2.05, 4.69) is 19.2 Å². The van der Waals surface area contributed by atoms with Crippen LogP contribution in [0.25, 0.3) is 0 Å². The second-order valence-electron chi connectivity index (χ2n) is 3.43. The molecule has 0 spiro atoms. The Kier molecular flexibility index (Phi) is 2.52. The van der Waals surface area contributed by atoms with Crippen LogP contribution in [0.15, 0.2) is 0 Å². The minimum absolute atomic E-state index is 0. The third-order valence-electron chi connectivity index (χ3n) is 1.92. The highest BCUT2D eigenvalue weighted by molar-refractivity contribution is 4.76. The van der Waals surface area contributed by atoms with Gasteiger partial charge < -0.3 is 5.32 Å². The summed E-state index contributed by atoms with van der Waals surface area (Å²) in [6.45, 7) is 5.71. The van der Waals surface area contributed by atoms with Crippen molar-refractivity contribution in [3.8, 4) is 0 Å². The van der Waals surface area contributed by atoms with Crippen molar-refractivity contribution in [2.24, 2.45) is 5.92 Å². The van der Waals surface area contributed by atoms with Crippen LogP contribution in [0.5, 0.6) is 0 Å². The Hall–Kier alpha value is -0.0400. The van der Waals surface area contributed by atoms with E-state index in [0.717, 1.165) is 12.0 Å². The van der Waals surface area contributed by atoms with E-state index < -0.39 is 0 Å². The molecule has 0 heterocycles. The summed E-state index contributed by atoms with van der Waals surface area (Å²) in [6, 6.07) is 0.868. The third-order valence-corrected chi connectivity index (χ3v) is 1.92. The van der Waals surface area contributed by atoms with Crippen molar-refractivity contribution in [2.75, 3.05) is 6.54 Å². The molecule has 0 amide bonds. The third kappa shape index (κ3) is 2.35. The smallest absolute Gasteiger partial charge is 0.00671 e. The van der Waals surface area contributed by atoms with Crippen LogP contribution >= 0.6 is 0 Å². The maximum atomic E-state index is 3.52. The number of hydrogen-bond acceptors (Lipinski definition) is 1. The molecule has 0 bridgehead atoms. The molecule has 1 nitrogen and oxygen atoms in total. The molecule has 1 saturated carbocycles. The molecule has 0 saturated heterocycles. The molecule has 9 heavy (non-hydrogen) atoms. The van der Waals surface area contributed by atoms with Gasteiger partial charge in [-0.3, -0.25) is 0 Å². The van der Waals surface area contributed by atoms with Crippen molar-refractivity contribution in [1.82, 2.24) is 5.32 Å². The highest BCUT2D eigenvalue weighted by Gasteiger charge is 2.15. The molecule has 0 radical (unpaired) electrons. The maximum absolute atomic E-state index is 3.52. The van der Waals surface area contributed by atoms with Crippen molar-refractivity contribution in [2.45, 2.75) is 39.2 Å². The normalized spacial score (nSPS) is 20.3. The van der Waals surface area contributed by atoms with E-state index in [9.17, 15) is 0 Å². The zero-order valence-corrected chi connectivity index (χ0v) is 6.48. The van der Waals surface area contributed by atoms with Crippen LogP contribution in [0.1, 0.15) is 34.5 Å². The summed E-state index contributed by atoms with van der Waals surface area (Å²) >= 11 is 0. The van der Waals surface area contributed by atoms with Crippen molar-refractivity contribution in [3.05, 3.63) is 0 Å². The van der Waals surface area contributed by atoms with Gasteiger partial charge in [-0.2, -0.15) is 0 Å². The number of nitrogens with one attached hydrogen (secondary N) is 1. The van der Waals surface area contributed by atoms with Gasteiger partial charge in [0.2, 0.25) is 0 Å². The van der Waals surface area contributed by atoms with Gasteiger partial charge in [0.15, 0.2) is 0 Å². The molecular formula is C8H19N. The van der Waals surface area contributed by atoms with Gasteiger partial charge in [-0.25, -0.2) is 0 Å². The molecule has 1 N–H and O–H groups in total. The predicted octanol–water partition coefficient (Wildman–Crippen LogP) is 2.03. The van der Waals surface area contributed by atoms with E-state index in [0.29, 0.717) is 0 Å². The van der Waals surface area contributed by atoms with Crippen LogP contribution in [-0.2, 0) is 0 Å². The second kappa shape index (κ2) is 3.21. The second-order valence-corrected chi connectivity index (χ2v) is 3.43. The Labute approximate surface area is 59.3 Å². The first-order valence-electron chi connectivity index (χ1n) is 4.02. The zero-order valence-electron chi connectivity index (χ0n) is 6.48. The Balaban J connectivity index is 0.000000810. The molecule has 0 atom stereocenters. The average molecular weight is 129 g/mol. The molecule has 0 aromatic rings. The molecule has 1 aliphatic carbocycles. The van der Waals surface area contributed by atoms with Crippen LogP contribution in [-0.4, -0.2) is 12.6 Å². The minimum atomic E-state index is 0. The Morgan fingerprint density at radius 3 is 2.56 bits per heavy atom. The predicted molar refractivity (Wildman–Crippen MR) is 42.6 cm³/mol. The molecule has 56 valence electrons. The van der Waals surface area contributed by atoms with Gasteiger partial charge in [-0.15, -0.1) is 0 Å². The Morgan fingerprint density at radius 2 is 2.22 bits per heavy atom. The Morgan fingerprint density at radius 1 is 1.56 bits per heavy atom. The van der Waals surface area contributed by atoms with Crippen molar-refractivity contribution < 1.29 is 1.43 Å². The largest absolute Gasteiger partial charge is 0.314 e. The first-order valence-corrected chi connectivity index (χ1v) is 4.02. The molecule has 0 unspecified atom stereocenters. The molecule has 1 heteroatoms. The summed E-state index contributed by atoms with van der Waals surface area (Å²) in [6.07, 6.45) is 4.26. The molecule has 0 aromatic heterocycles. The molecule has 0 aliphatic heterocycles. The van der Waals surface area contributed by atoms with E-state index in [1.165, 1.54) is 25.8 Å². The van der Waals surface area contributed by atoms with Gasteiger partial charge in [0.1, 0.15) is 0 Å². The highest BCUT2D eigenvalue weighted by Crippen LogP contribution is 2.17. The zero-order chi connectivity index (χ0) is 6.69. The van der Waals surface area contributed by atoms with Crippen LogP contribution in [0.2, 0.25) is 0 Å². The van der Waals surface area contributed by atoms with E-state index in [1.807, 2.05) is 0 Å². The van der Waals surface area contributed by atoms with Crippen molar-refractivity contribution in [3.63, 3.8) is 0 Å². The molecule has 1 aliphatic rings. The van der Waals surface area contributed by atoms with Gasteiger partial charge in [0, 0.05) is 7.47 Å². The van der Waals surface area contributed by atoms with Crippen LogP contribution in [0.3, 0.4) is 0 Å². The maximum Gasteiger partial charge on any atom is 0.00671 e. The van der Waals surface area contributed by atoms with Gasteiger partial charge in [0.25, 0.3) is 0 Å². The lowest BCUT2D eigenvalue weighted by molar-refractivity contribution is 0.326. The SMILES string of the molecule is CC(C)CNC1CCC1.[HH]. The van der Waals surface area contributed by atoms with Crippen molar-refractivity contribution in [1.29, 1.82) is 0 Å². The standard InChI is InChI=1S/C8H17N.H2/c1-7(2)6-9-8-4-3-5-8;/h7-9H,3-6H2,1-2H3;1H. The van der Waals surface area contributed by atoms with Gasteiger partial charge in [-0.05, 0) is 25.3 Å². The fraction of sp³-hybridized carbons (Fsp3) is 1.00. The first kappa shape index (κ1) is 7.07. The summed E-state index contributed by atoms with van der Waals surface area (Å²) in [5.74, 6) is 0.811. The summed E-state index contributed by atoms with van der Waals surface area (Å²) in [5, 5.41) is 3.52. The molecular weight excluding hydrogens is 110 g/mol. The number of rotatable bonds is 3. The van der Waals surface area contributed by atoms with Gasteiger partial charge >= 0.3 is 0 Å². The fourth-order valence-corrected chi connectivity index (χ4v) is 1.01. The monoisotopic (exact) mass is 129 g/mol. The summed E-state index contributed by atoms with van der Waals surface area (Å²) in [7, 11) is 0. The van der Waals surface area contributed by atoms with Gasteiger partial charge in [-0.1, -0.05) is 20.3 Å². The summed E-state index contributed by atoms with van der Waals surface area (Å²) < 4.78 is 0. The van der Waals surface area contributed by atoms with E-state index >= 15 is 0 Å². The Bertz CT molecular complexity index is 79.3. The van der Waals surface area contributed by atoms with Crippen LogP contribution < -0.4 is 5.32 Å². The van der Waals surface area contributed by atoms with Crippen LogP contribution in [0, 0.1) is 5.92 Å². The van der Waals surface area contributed by atoms with E-state index in [-0.39, 0.29) is 1.43 Å². The fourth-order valence-electron chi connectivity index (χ4n) is 1.01. The van der Waals surface area contributed by atoms with Gasteiger partial charge in [0.05, 0.1) is 0 Å². The highest BCUT2D eigenvalue weighted by atomic mass is 14.9. The van der Waals surface area contributed by atoms with Crippen LogP contribution in [0.4, 0.5) is 0 Å². The quantitative estimate of drug-likeness (QED) is 0.615. The van der Waals surface area contributed by atoms with E-state index in [4.69, 9.17) is 0 Å². The lowest BCUT2D eigenvalue weighted by atomic mass is 9.93. The molecule has 1 fully saturated rings. The topological polar surface area (TPSA) is 12.0 Å². The number of hydrogen-bond donors (Lipinski definition) is 1. The average Bonchev–Trinajstić information content (AvgIpc) is 1.60. The van der Waals surface area contributed by atoms with Crippen molar-refractivity contribution >= 4 is 0 Å². The lowest BCUT2D eigenvalue weighted by Gasteiger charge is -2.27. The minimum Gasteiger partial charge on any atom is -0.314 e. The molecule has 1 rings (SSSR count). The molecule has 0 aromatic carbocycles. The van der Waals surface area contributed by atoms with E-state index in [1.54, 1.807) is 0 Å². The summed E-state index contributed by atoms with van der Waals surface area (Å²) in [4.78, 5) is 0.